The monoisotopic (exact) mass is 165 g/mol. The van der Waals surface area contributed by atoms with Gasteiger partial charge in [0.2, 0.25) is 0 Å². The third-order valence-corrected chi connectivity index (χ3v) is 2.06. The van der Waals surface area contributed by atoms with Crippen molar-refractivity contribution < 1.29 is 12.6 Å². The van der Waals surface area contributed by atoms with Gasteiger partial charge in [-0.3, -0.25) is 4.18 Å². The van der Waals surface area contributed by atoms with Crippen molar-refractivity contribution in [3.8, 4) is 0 Å². The van der Waals surface area contributed by atoms with Crippen molar-refractivity contribution in [1.82, 2.24) is 0 Å². The highest BCUT2D eigenvalue weighted by molar-refractivity contribution is 7.86. The van der Waals surface area contributed by atoms with E-state index < -0.39 is 10.1 Å². The van der Waals surface area contributed by atoms with Crippen molar-refractivity contribution in [2.24, 2.45) is 5.73 Å². The molecule has 0 saturated heterocycles. The van der Waals surface area contributed by atoms with Crippen LogP contribution in [0.3, 0.4) is 0 Å². The molecule has 4 nitrogen and oxygen atoms in total. The first kappa shape index (κ1) is 7.97. The molecule has 1 aliphatic rings. The lowest BCUT2D eigenvalue weighted by molar-refractivity contribution is 0.109. The van der Waals surface area contributed by atoms with E-state index in [-0.39, 0.29) is 12.1 Å². The average molecular weight is 165 g/mol. The lowest BCUT2D eigenvalue weighted by Gasteiger charge is -2.30. The highest BCUT2D eigenvalue weighted by atomic mass is 32.2. The van der Waals surface area contributed by atoms with E-state index in [1.54, 1.807) is 0 Å². The van der Waals surface area contributed by atoms with Gasteiger partial charge in [0.1, 0.15) is 0 Å². The minimum Gasteiger partial charge on any atom is -0.328 e. The average Bonchev–Trinajstić information content (AvgIpc) is 1.57. The number of hydrogen-bond donors (Lipinski definition) is 1. The summed E-state index contributed by atoms with van der Waals surface area (Å²) in [4.78, 5) is 0. The molecule has 0 heterocycles. The van der Waals surface area contributed by atoms with Gasteiger partial charge < -0.3 is 5.73 Å². The van der Waals surface area contributed by atoms with Crippen LogP contribution < -0.4 is 5.73 Å². The van der Waals surface area contributed by atoms with E-state index in [9.17, 15) is 8.42 Å². The van der Waals surface area contributed by atoms with Gasteiger partial charge in [-0.25, -0.2) is 0 Å². The largest absolute Gasteiger partial charge is 0.328 e. The quantitative estimate of drug-likeness (QED) is 0.557. The van der Waals surface area contributed by atoms with Crippen LogP contribution in [-0.2, 0) is 14.3 Å². The van der Waals surface area contributed by atoms with E-state index in [1.165, 1.54) is 0 Å². The summed E-state index contributed by atoms with van der Waals surface area (Å²) in [7, 11) is -3.26. The summed E-state index contributed by atoms with van der Waals surface area (Å²) >= 11 is 0. The van der Waals surface area contributed by atoms with Crippen LogP contribution in [-0.4, -0.2) is 26.8 Å². The predicted molar refractivity (Wildman–Crippen MR) is 36.9 cm³/mol. The summed E-state index contributed by atoms with van der Waals surface area (Å²) in [5.41, 5.74) is 5.41. The van der Waals surface area contributed by atoms with E-state index in [0.29, 0.717) is 12.8 Å². The van der Waals surface area contributed by atoms with Crippen LogP contribution in [0.2, 0.25) is 0 Å². The molecule has 0 aromatic heterocycles. The highest BCUT2D eigenvalue weighted by Gasteiger charge is 2.29. The van der Waals surface area contributed by atoms with Crippen LogP contribution in [0.1, 0.15) is 12.8 Å². The minimum atomic E-state index is -3.26. The molecule has 0 amide bonds. The zero-order valence-electron chi connectivity index (χ0n) is 5.78. The smallest absolute Gasteiger partial charge is 0.264 e. The molecule has 1 rings (SSSR count). The Morgan fingerprint density at radius 2 is 2.00 bits per heavy atom. The fraction of sp³-hybridized carbons (Fsp3) is 1.00. The summed E-state index contributed by atoms with van der Waals surface area (Å²) < 4.78 is 25.6. The van der Waals surface area contributed by atoms with E-state index in [0.717, 1.165) is 6.26 Å². The Labute approximate surface area is 60.5 Å². The molecular weight excluding hydrogens is 154 g/mol. The van der Waals surface area contributed by atoms with Crippen LogP contribution >= 0.6 is 0 Å². The second-order valence-corrected chi connectivity index (χ2v) is 4.25. The number of hydrogen-bond acceptors (Lipinski definition) is 4. The van der Waals surface area contributed by atoms with E-state index >= 15 is 0 Å². The molecule has 5 heteroatoms. The molecule has 0 spiro atoms. The fourth-order valence-corrected chi connectivity index (χ4v) is 1.58. The first-order chi connectivity index (χ1) is 4.47. The van der Waals surface area contributed by atoms with Gasteiger partial charge in [0.25, 0.3) is 10.1 Å². The Kier molecular flexibility index (Phi) is 1.98. The SMILES string of the molecule is CS(=O)(=O)OC1CC(N)C1. The molecule has 1 saturated carbocycles. The van der Waals surface area contributed by atoms with Crippen molar-refractivity contribution >= 4 is 10.1 Å². The molecule has 0 aliphatic heterocycles. The lowest BCUT2D eigenvalue weighted by Crippen LogP contribution is -2.42. The third kappa shape index (κ3) is 2.24. The molecule has 0 aromatic carbocycles. The predicted octanol–water partition coefficient (Wildman–Crippen LogP) is -0.548. The Morgan fingerprint density at radius 3 is 2.30 bits per heavy atom. The van der Waals surface area contributed by atoms with Crippen LogP contribution in [0.4, 0.5) is 0 Å². The van der Waals surface area contributed by atoms with Gasteiger partial charge in [0.05, 0.1) is 12.4 Å². The Morgan fingerprint density at radius 1 is 1.50 bits per heavy atom. The first-order valence-electron chi connectivity index (χ1n) is 3.11. The number of nitrogens with two attached hydrogens (primary N) is 1. The van der Waals surface area contributed by atoms with Gasteiger partial charge in [0, 0.05) is 6.04 Å². The van der Waals surface area contributed by atoms with Crippen LogP contribution in [0.5, 0.6) is 0 Å². The van der Waals surface area contributed by atoms with Gasteiger partial charge >= 0.3 is 0 Å². The van der Waals surface area contributed by atoms with Gasteiger partial charge in [-0.05, 0) is 12.8 Å². The van der Waals surface area contributed by atoms with E-state index in [1.807, 2.05) is 0 Å². The minimum absolute atomic E-state index is 0.131. The van der Waals surface area contributed by atoms with Crippen molar-refractivity contribution in [3.05, 3.63) is 0 Å². The van der Waals surface area contributed by atoms with Crippen molar-refractivity contribution in [1.29, 1.82) is 0 Å². The zero-order chi connectivity index (χ0) is 7.78. The van der Waals surface area contributed by atoms with E-state index in [2.05, 4.69) is 4.18 Å². The molecule has 0 aromatic rings. The second kappa shape index (κ2) is 2.48. The van der Waals surface area contributed by atoms with Crippen LogP contribution in [0, 0.1) is 0 Å². The normalized spacial score (nSPS) is 33.4. The molecular formula is C5H11NO3S. The fourth-order valence-electron chi connectivity index (χ4n) is 0.932. The molecule has 0 atom stereocenters. The summed E-state index contributed by atoms with van der Waals surface area (Å²) in [5, 5.41) is 0. The van der Waals surface area contributed by atoms with Crippen molar-refractivity contribution in [2.45, 2.75) is 25.0 Å². The van der Waals surface area contributed by atoms with Gasteiger partial charge in [-0.2, -0.15) is 8.42 Å². The van der Waals surface area contributed by atoms with Gasteiger partial charge in [-0.1, -0.05) is 0 Å². The van der Waals surface area contributed by atoms with Crippen LogP contribution in [0.25, 0.3) is 0 Å². The molecule has 60 valence electrons. The summed E-state index contributed by atoms with van der Waals surface area (Å²) in [6.07, 6.45) is 2.21. The standard InChI is InChI=1S/C5H11NO3S/c1-10(7,8)9-5-2-4(6)3-5/h4-5H,2-3,6H2,1H3. The molecule has 0 bridgehead atoms. The maximum Gasteiger partial charge on any atom is 0.264 e. The lowest BCUT2D eigenvalue weighted by atomic mass is 9.91. The molecule has 2 N–H and O–H groups in total. The first-order valence-corrected chi connectivity index (χ1v) is 4.93. The van der Waals surface area contributed by atoms with Crippen LogP contribution in [0.15, 0.2) is 0 Å². The third-order valence-electron chi connectivity index (χ3n) is 1.44. The molecule has 10 heavy (non-hydrogen) atoms. The van der Waals surface area contributed by atoms with Crippen molar-refractivity contribution in [3.63, 3.8) is 0 Å². The zero-order valence-corrected chi connectivity index (χ0v) is 6.60. The second-order valence-electron chi connectivity index (χ2n) is 2.65. The van der Waals surface area contributed by atoms with E-state index in [4.69, 9.17) is 5.73 Å². The maximum atomic E-state index is 10.5. The number of rotatable bonds is 2. The van der Waals surface area contributed by atoms with Crippen molar-refractivity contribution in [2.75, 3.05) is 6.26 Å². The Hall–Kier alpha value is -0.130. The summed E-state index contributed by atoms with van der Waals surface area (Å²) in [5.74, 6) is 0. The summed E-state index contributed by atoms with van der Waals surface area (Å²) in [6.45, 7) is 0. The van der Waals surface area contributed by atoms with Gasteiger partial charge in [0.15, 0.2) is 0 Å². The molecule has 0 radical (unpaired) electrons. The molecule has 1 fully saturated rings. The molecule has 1 aliphatic carbocycles. The summed E-state index contributed by atoms with van der Waals surface area (Å²) in [6, 6.07) is 0.131. The Balaban J connectivity index is 2.30. The molecule has 0 unspecified atom stereocenters. The highest BCUT2D eigenvalue weighted by Crippen LogP contribution is 2.22. The maximum absolute atomic E-state index is 10.5. The Bertz CT molecular complexity index is 205. The van der Waals surface area contributed by atoms with Gasteiger partial charge in [-0.15, -0.1) is 0 Å². The topological polar surface area (TPSA) is 69.4 Å².